The van der Waals surface area contributed by atoms with Crippen molar-refractivity contribution < 1.29 is 9.53 Å². The molecule has 2 aliphatic heterocycles. The van der Waals surface area contributed by atoms with Crippen molar-refractivity contribution in [2.45, 2.75) is 36.1 Å². The Bertz CT molecular complexity index is 491. The first-order chi connectivity index (χ1) is 9.79. The molecule has 1 fully saturated rings. The summed E-state index contributed by atoms with van der Waals surface area (Å²) >= 11 is 1.94. The Morgan fingerprint density at radius 2 is 2.25 bits per heavy atom. The number of ether oxygens (including phenoxy) is 1. The first-order valence-electron chi connectivity index (χ1n) is 7.33. The van der Waals surface area contributed by atoms with E-state index in [1.165, 1.54) is 24.0 Å². The van der Waals surface area contributed by atoms with Crippen LogP contribution in [-0.2, 0) is 9.53 Å². The minimum Gasteiger partial charge on any atom is -0.468 e. The number of methoxy groups -OCH3 is 1. The van der Waals surface area contributed by atoms with Crippen LogP contribution in [0.3, 0.4) is 0 Å². The number of benzene rings is 1. The first kappa shape index (κ1) is 14.0. The van der Waals surface area contributed by atoms with Gasteiger partial charge in [-0.3, -0.25) is 9.69 Å². The normalized spacial score (nSPS) is 26.2. The highest BCUT2D eigenvalue weighted by Gasteiger charge is 2.33. The van der Waals surface area contributed by atoms with Gasteiger partial charge in [0.1, 0.15) is 6.04 Å². The van der Waals surface area contributed by atoms with Crippen molar-refractivity contribution in [3.8, 4) is 0 Å². The summed E-state index contributed by atoms with van der Waals surface area (Å²) < 4.78 is 4.97. The second-order valence-electron chi connectivity index (χ2n) is 5.58. The summed E-state index contributed by atoms with van der Waals surface area (Å²) in [5.74, 6) is 1.61. The molecule has 1 unspecified atom stereocenters. The topological polar surface area (TPSA) is 29.5 Å². The maximum absolute atomic E-state index is 11.9. The van der Waals surface area contributed by atoms with Gasteiger partial charge in [-0.25, -0.2) is 0 Å². The van der Waals surface area contributed by atoms with Gasteiger partial charge in [-0.15, -0.1) is 11.8 Å². The largest absolute Gasteiger partial charge is 0.468 e. The van der Waals surface area contributed by atoms with E-state index in [1.54, 1.807) is 0 Å². The van der Waals surface area contributed by atoms with Crippen molar-refractivity contribution in [1.82, 2.24) is 4.90 Å². The molecule has 108 valence electrons. The van der Waals surface area contributed by atoms with Gasteiger partial charge in [-0.2, -0.15) is 0 Å². The molecular formula is C16H21NO2S. The van der Waals surface area contributed by atoms with E-state index in [4.69, 9.17) is 4.74 Å². The highest BCUT2D eigenvalue weighted by atomic mass is 32.2. The van der Waals surface area contributed by atoms with Crippen LogP contribution < -0.4 is 0 Å². The molecule has 20 heavy (non-hydrogen) atoms. The summed E-state index contributed by atoms with van der Waals surface area (Å²) in [7, 11) is 1.50. The Balaban J connectivity index is 1.72. The molecule has 0 N–H and O–H groups in total. The Hall–Kier alpha value is -1.00. The third-order valence-electron chi connectivity index (χ3n) is 4.34. The molecule has 0 radical (unpaired) electrons. The van der Waals surface area contributed by atoms with Crippen molar-refractivity contribution in [2.75, 3.05) is 26.0 Å². The Morgan fingerprint density at radius 1 is 1.40 bits per heavy atom. The lowest BCUT2D eigenvalue weighted by molar-refractivity contribution is -0.148. The third-order valence-corrected chi connectivity index (χ3v) is 5.59. The second-order valence-corrected chi connectivity index (χ2v) is 6.64. The average molecular weight is 291 g/mol. The summed E-state index contributed by atoms with van der Waals surface area (Å²) in [6.45, 7) is 1.99. The molecule has 0 spiro atoms. The number of carbonyl (C=O) groups excluding carboxylic acids is 1. The van der Waals surface area contributed by atoms with Crippen LogP contribution in [0.15, 0.2) is 29.2 Å². The van der Waals surface area contributed by atoms with Gasteiger partial charge in [0, 0.05) is 23.1 Å². The number of rotatable bonds is 3. The zero-order valence-electron chi connectivity index (χ0n) is 11.9. The van der Waals surface area contributed by atoms with Gasteiger partial charge in [0.15, 0.2) is 0 Å². The van der Waals surface area contributed by atoms with E-state index in [0.717, 1.165) is 31.7 Å². The maximum Gasteiger partial charge on any atom is 0.323 e. The monoisotopic (exact) mass is 291 g/mol. The van der Waals surface area contributed by atoms with Gasteiger partial charge >= 0.3 is 5.97 Å². The minimum absolute atomic E-state index is 0.0356. The number of piperidine rings is 1. The summed E-state index contributed by atoms with van der Waals surface area (Å²) in [4.78, 5) is 15.7. The molecule has 0 bridgehead atoms. The smallest absolute Gasteiger partial charge is 0.323 e. The lowest BCUT2D eigenvalue weighted by atomic mass is 9.96. The van der Waals surface area contributed by atoms with Crippen molar-refractivity contribution in [3.05, 3.63) is 29.8 Å². The van der Waals surface area contributed by atoms with Gasteiger partial charge in [0.05, 0.1) is 7.11 Å². The number of thioether (sulfide) groups is 1. The van der Waals surface area contributed by atoms with Crippen LogP contribution >= 0.6 is 11.8 Å². The second kappa shape index (κ2) is 6.19. The first-order valence-corrected chi connectivity index (χ1v) is 8.31. The fourth-order valence-electron chi connectivity index (χ4n) is 3.28. The molecule has 0 aromatic heterocycles. The van der Waals surface area contributed by atoms with Gasteiger partial charge in [-0.1, -0.05) is 24.6 Å². The van der Waals surface area contributed by atoms with Gasteiger partial charge < -0.3 is 4.74 Å². The fourth-order valence-corrected chi connectivity index (χ4v) is 4.52. The van der Waals surface area contributed by atoms with E-state index in [0.29, 0.717) is 5.92 Å². The van der Waals surface area contributed by atoms with E-state index < -0.39 is 0 Å². The van der Waals surface area contributed by atoms with Crippen molar-refractivity contribution in [1.29, 1.82) is 0 Å². The highest BCUT2D eigenvalue weighted by Crippen LogP contribution is 2.40. The highest BCUT2D eigenvalue weighted by molar-refractivity contribution is 7.99. The molecule has 0 saturated carbocycles. The number of likely N-dealkylation sites (tertiary alicyclic amines) is 1. The minimum atomic E-state index is -0.0661. The molecule has 3 rings (SSSR count). The van der Waals surface area contributed by atoms with E-state index in [1.807, 2.05) is 11.8 Å². The molecule has 1 saturated heterocycles. The van der Waals surface area contributed by atoms with Crippen LogP contribution in [0.2, 0.25) is 0 Å². The standard InChI is InChI=1S/C16H21NO2S/c1-19-16(18)14-7-4-5-9-17(14)10-12-11-20-15-8-3-2-6-13(12)15/h2-3,6,8,12,14H,4-5,7,9-11H2,1H3/t12?,14-/m1/s1. The number of fused-ring (bicyclic) bond motifs is 1. The van der Waals surface area contributed by atoms with Crippen LogP contribution in [0.25, 0.3) is 0 Å². The Kier molecular flexibility index (Phi) is 4.32. The van der Waals surface area contributed by atoms with E-state index >= 15 is 0 Å². The molecule has 3 nitrogen and oxygen atoms in total. The van der Waals surface area contributed by atoms with Crippen LogP contribution in [0.1, 0.15) is 30.7 Å². The van der Waals surface area contributed by atoms with Crippen molar-refractivity contribution in [2.24, 2.45) is 0 Å². The zero-order valence-corrected chi connectivity index (χ0v) is 12.7. The quantitative estimate of drug-likeness (QED) is 0.801. The number of esters is 1. The zero-order chi connectivity index (χ0) is 13.9. The molecule has 1 aromatic rings. The molecule has 2 atom stereocenters. The summed E-state index contributed by atoms with van der Waals surface area (Å²) in [5.41, 5.74) is 1.45. The predicted octanol–water partition coefficient (Wildman–Crippen LogP) is 2.90. The molecule has 0 aliphatic carbocycles. The maximum atomic E-state index is 11.9. The third kappa shape index (κ3) is 2.72. The molecular weight excluding hydrogens is 270 g/mol. The number of hydrogen-bond donors (Lipinski definition) is 0. The predicted molar refractivity (Wildman–Crippen MR) is 81.1 cm³/mol. The van der Waals surface area contributed by atoms with Gasteiger partial charge in [0.25, 0.3) is 0 Å². The van der Waals surface area contributed by atoms with Crippen LogP contribution in [0.4, 0.5) is 0 Å². The Labute approximate surface area is 124 Å². The fraction of sp³-hybridized carbons (Fsp3) is 0.562. The summed E-state index contributed by atoms with van der Waals surface area (Å²) in [6, 6.07) is 8.62. The lowest BCUT2D eigenvalue weighted by Gasteiger charge is -2.35. The molecule has 4 heteroatoms. The SMILES string of the molecule is COC(=O)[C@H]1CCCCN1CC1CSc2ccccc21. The van der Waals surface area contributed by atoms with Gasteiger partial charge in [-0.05, 0) is 31.0 Å². The molecule has 1 aromatic carbocycles. The lowest BCUT2D eigenvalue weighted by Crippen LogP contribution is -2.46. The van der Waals surface area contributed by atoms with Crippen LogP contribution in [0.5, 0.6) is 0 Å². The van der Waals surface area contributed by atoms with Gasteiger partial charge in [0.2, 0.25) is 0 Å². The molecule has 2 heterocycles. The van der Waals surface area contributed by atoms with E-state index in [9.17, 15) is 4.79 Å². The summed E-state index contributed by atoms with van der Waals surface area (Å²) in [6.07, 6.45) is 3.26. The van der Waals surface area contributed by atoms with Crippen molar-refractivity contribution >= 4 is 17.7 Å². The number of hydrogen-bond acceptors (Lipinski definition) is 4. The van der Waals surface area contributed by atoms with Crippen molar-refractivity contribution in [3.63, 3.8) is 0 Å². The van der Waals surface area contributed by atoms with E-state index in [2.05, 4.69) is 29.2 Å². The molecule has 0 amide bonds. The molecule has 2 aliphatic rings. The Morgan fingerprint density at radius 3 is 3.10 bits per heavy atom. The number of nitrogens with zero attached hydrogens (tertiary/aromatic N) is 1. The number of carbonyl (C=O) groups is 1. The average Bonchev–Trinajstić information content (AvgIpc) is 2.90. The van der Waals surface area contributed by atoms with Crippen LogP contribution in [-0.4, -0.2) is 42.9 Å². The van der Waals surface area contributed by atoms with Crippen LogP contribution in [0, 0.1) is 0 Å². The van der Waals surface area contributed by atoms with E-state index in [-0.39, 0.29) is 12.0 Å². The summed E-state index contributed by atoms with van der Waals surface area (Å²) in [5, 5.41) is 0.